The quantitative estimate of drug-likeness (QED) is 0.573. The van der Waals surface area contributed by atoms with Crippen LogP contribution in [0.5, 0.6) is 11.5 Å². The van der Waals surface area contributed by atoms with Gasteiger partial charge in [-0.2, -0.15) is 0 Å². The minimum Gasteiger partial charge on any atom is -0.493 e. The first kappa shape index (κ1) is 20.9. The second-order valence-corrected chi connectivity index (χ2v) is 8.69. The van der Waals surface area contributed by atoms with Crippen molar-refractivity contribution in [2.24, 2.45) is 0 Å². The molecule has 0 bridgehead atoms. The fraction of sp³-hybridized carbons (Fsp3) is 0.308. The highest BCUT2D eigenvalue weighted by Gasteiger charge is 2.38. The second kappa shape index (κ2) is 7.41. The van der Waals surface area contributed by atoms with Gasteiger partial charge in [-0.05, 0) is 61.2 Å². The number of carbonyl (C=O) groups is 1. The van der Waals surface area contributed by atoms with Crippen LogP contribution in [0, 0.1) is 0 Å². The zero-order chi connectivity index (χ0) is 22.5. The summed E-state index contributed by atoms with van der Waals surface area (Å²) in [5.74, 6) is 1.23. The first-order chi connectivity index (χ1) is 14.7. The Labute approximate surface area is 181 Å². The number of allylic oxidation sites excluding steroid dienone is 1. The smallest absolute Gasteiger partial charge is 0.186 e. The molecule has 0 amide bonds. The first-order valence-electron chi connectivity index (χ1n) is 10.3. The number of hydrogen-bond acceptors (Lipinski definition) is 5. The van der Waals surface area contributed by atoms with E-state index in [1.807, 2.05) is 45.9 Å². The Kier molecular flexibility index (Phi) is 5.00. The third-order valence-corrected chi connectivity index (χ3v) is 6.10. The van der Waals surface area contributed by atoms with Gasteiger partial charge in [0.15, 0.2) is 22.7 Å². The minimum atomic E-state index is -0.872. The third kappa shape index (κ3) is 3.16. The molecule has 0 radical (unpaired) electrons. The maximum Gasteiger partial charge on any atom is 0.186 e. The van der Waals surface area contributed by atoms with E-state index in [1.165, 1.54) is 0 Å². The summed E-state index contributed by atoms with van der Waals surface area (Å²) in [6.07, 6.45) is 4.93. The number of hydrogen-bond donors (Lipinski definition) is 0. The van der Waals surface area contributed by atoms with Crippen LogP contribution < -0.4 is 14.9 Å². The van der Waals surface area contributed by atoms with E-state index >= 15 is 0 Å². The van der Waals surface area contributed by atoms with Gasteiger partial charge in [-0.25, -0.2) is 0 Å². The highest BCUT2D eigenvalue weighted by Crippen LogP contribution is 2.44. The number of fused-ring (bicyclic) bond motifs is 2. The number of carbonyl (C=O) groups excluding carboxylic acids is 1. The molecule has 1 aromatic heterocycles. The van der Waals surface area contributed by atoms with Gasteiger partial charge < -0.3 is 13.9 Å². The molecular weight excluding hydrogens is 392 g/mol. The largest absolute Gasteiger partial charge is 0.493 e. The highest BCUT2D eigenvalue weighted by molar-refractivity contribution is 6.31. The van der Waals surface area contributed by atoms with E-state index < -0.39 is 5.41 Å². The third-order valence-electron chi connectivity index (χ3n) is 6.10. The lowest BCUT2D eigenvalue weighted by molar-refractivity contribution is -0.117. The Bertz CT molecular complexity index is 1280. The van der Waals surface area contributed by atoms with Gasteiger partial charge in [0, 0.05) is 27.5 Å². The van der Waals surface area contributed by atoms with Crippen molar-refractivity contribution in [3.05, 3.63) is 69.3 Å². The molecule has 1 aliphatic rings. The van der Waals surface area contributed by atoms with E-state index in [2.05, 4.69) is 0 Å². The number of rotatable bonds is 4. The average molecular weight is 418 g/mol. The van der Waals surface area contributed by atoms with Gasteiger partial charge in [0.25, 0.3) is 0 Å². The minimum absolute atomic E-state index is 0.0523. The molecule has 1 aliphatic carbocycles. The standard InChI is InChI=1S/C26H26O5/c1-14(2)17-11-19-20(24(30-6)23(17)29-5)10-16-9-18(15-7-8-31-13-15)25(28)26(3,4)21(16)12-22(19)27/h7-14H,1-6H3. The lowest BCUT2D eigenvalue weighted by atomic mass is 9.71. The van der Waals surface area contributed by atoms with Gasteiger partial charge in [-0.15, -0.1) is 0 Å². The molecule has 0 spiro atoms. The number of ketones is 1. The topological polar surface area (TPSA) is 65.7 Å². The van der Waals surface area contributed by atoms with E-state index in [0.29, 0.717) is 39.0 Å². The SMILES string of the molecule is COc1c(C(C)C)cc2c(=O)cc3c(cc2c1OC)C=C(c1ccoc1)C(=O)C3(C)C. The molecule has 0 atom stereocenters. The zero-order valence-electron chi connectivity index (χ0n) is 18.7. The van der Waals surface area contributed by atoms with Crippen molar-refractivity contribution < 1.29 is 18.7 Å². The zero-order valence-corrected chi connectivity index (χ0v) is 18.7. The van der Waals surface area contributed by atoms with Crippen LogP contribution in [-0.2, 0) is 10.2 Å². The van der Waals surface area contributed by atoms with Crippen LogP contribution in [-0.4, -0.2) is 20.0 Å². The normalized spacial score (nSPS) is 15.1. The van der Waals surface area contributed by atoms with Crippen LogP contribution in [0.1, 0.15) is 55.9 Å². The van der Waals surface area contributed by atoms with E-state index in [9.17, 15) is 9.59 Å². The van der Waals surface area contributed by atoms with Crippen molar-refractivity contribution in [3.63, 3.8) is 0 Å². The van der Waals surface area contributed by atoms with Crippen molar-refractivity contribution in [1.29, 1.82) is 0 Å². The lowest BCUT2D eigenvalue weighted by Crippen LogP contribution is -2.33. The Hall–Kier alpha value is -3.34. The predicted molar refractivity (Wildman–Crippen MR) is 122 cm³/mol. The van der Waals surface area contributed by atoms with Gasteiger partial charge in [0.05, 0.1) is 32.2 Å². The molecular formula is C26H26O5. The van der Waals surface area contributed by atoms with Crippen LogP contribution in [0.3, 0.4) is 0 Å². The van der Waals surface area contributed by atoms with Crippen LogP contribution in [0.2, 0.25) is 0 Å². The predicted octanol–water partition coefficient (Wildman–Crippen LogP) is 5.33. The summed E-state index contributed by atoms with van der Waals surface area (Å²) in [7, 11) is 3.18. The number of ether oxygens (including phenoxy) is 2. The maximum absolute atomic E-state index is 13.4. The Morgan fingerprint density at radius 2 is 1.68 bits per heavy atom. The molecule has 0 saturated carbocycles. The molecule has 4 rings (SSSR count). The number of Topliss-reactive ketones (excluding diaryl/α,β-unsaturated/α-hetero) is 1. The molecule has 1 heterocycles. The lowest BCUT2D eigenvalue weighted by Gasteiger charge is -2.29. The number of benzene rings is 1. The summed E-state index contributed by atoms with van der Waals surface area (Å²) >= 11 is 0. The Morgan fingerprint density at radius 1 is 0.968 bits per heavy atom. The number of methoxy groups -OCH3 is 2. The van der Waals surface area contributed by atoms with Gasteiger partial charge in [-0.1, -0.05) is 13.8 Å². The van der Waals surface area contributed by atoms with Crippen LogP contribution in [0.25, 0.3) is 22.4 Å². The molecule has 0 unspecified atom stereocenters. The monoisotopic (exact) mass is 418 g/mol. The first-order valence-corrected chi connectivity index (χ1v) is 10.3. The van der Waals surface area contributed by atoms with Crippen molar-refractivity contribution in [3.8, 4) is 11.5 Å². The van der Waals surface area contributed by atoms with Crippen LogP contribution in [0.15, 0.2) is 46.0 Å². The maximum atomic E-state index is 13.4. The average Bonchev–Trinajstić information content (AvgIpc) is 3.22. The van der Waals surface area contributed by atoms with Crippen molar-refractivity contribution in [2.75, 3.05) is 14.2 Å². The molecule has 0 saturated heterocycles. The Morgan fingerprint density at radius 3 is 2.26 bits per heavy atom. The summed E-state index contributed by atoms with van der Waals surface area (Å²) in [4.78, 5) is 26.7. The molecule has 0 fully saturated rings. The fourth-order valence-corrected chi connectivity index (χ4v) is 4.36. The second-order valence-electron chi connectivity index (χ2n) is 8.69. The van der Waals surface area contributed by atoms with E-state index in [0.717, 1.165) is 11.1 Å². The van der Waals surface area contributed by atoms with E-state index in [1.54, 1.807) is 38.9 Å². The van der Waals surface area contributed by atoms with Crippen molar-refractivity contribution in [1.82, 2.24) is 0 Å². The van der Waals surface area contributed by atoms with Gasteiger partial charge in [-0.3, -0.25) is 9.59 Å². The summed E-state index contributed by atoms with van der Waals surface area (Å²) in [6, 6.07) is 7.16. The van der Waals surface area contributed by atoms with Gasteiger partial charge >= 0.3 is 0 Å². The molecule has 0 N–H and O–H groups in total. The molecule has 3 aromatic rings. The summed E-state index contributed by atoms with van der Waals surface area (Å²) < 4.78 is 16.6. The molecule has 160 valence electrons. The highest BCUT2D eigenvalue weighted by atomic mass is 16.5. The molecule has 5 heteroatoms. The summed E-state index contributed by atoms with van der Waals surface area (Å²) in [5, 5.41) is 1.19. The summed E-state index contributed by atoms with van der Waals surface area (Å²) in [5.41, 5.74) is 2.64. The van der Waals surface area contributed by atoms with Crippen molar-refractivity contribution in [2.45, 2.75) is 39.0 Å². The molecule has 5 nitrogen and oxygen atoms in total. The van der Waals surface area contributed by atoms with E-state index in [-0.39, 0.29) is 17.1 Å². The summed E-state index contributed by atoms with van der Waals surface area (Å²) in [6.45, 7) is 7.79. The van der Waals surface area contributed by atoms with Crippen LogP contribution >= 0.6 is 0 Å². The Balaban J connectivity index is 2.17. The van der Waals surface area contributed by atoms with E-state index in [4.69, 9.17) is 13.9 Å². The van der Waals surface area contributed by atoms with Crippen LogP contribution in [0.4, 0.5) is 0 Å². The number of furan rings is 1. The fourth-order valence-electron chi connectivity index (χ4n) is 4.36. The molecule has 31 heavy (non-hydrogen) atoms. The van der Waals surface area contributed by atoms with Gasteiger partial charge in [0.1, 0.15) is 0 Å². The van der Waals surface area contributed by atoms with Gasteiger partial charge in [0.2, 0.25) is 0 Å². The molecule has 0 aliphatic heterocycles. The van der Waals surface area contributed by atoms with Crippen molar-refractivity contribution >= 4 is 28.2 Å². The molecule has 2 aromatic carbocycles.